The zero-order valence-electron chi connectivity index (χ0n) is 16.0. The van der Waals surface area contributed by atoms with Crippen LogP contribution in [0.2, 0.25) is 0 Å². The molecule has 3 aromatic rings. The first-order chi connectivity index (χ1) is 13.6. The number of aliphatic hydroxyl groups excluding tert-OH is 1. The number of pyridine rings is 1. The highest BCUT2D eigenvalue weighted by atomic mass is 16.5. The molecule has 0 radical (unpaired) electrons. The molecule has 1 fully saturated rings. The van der Waals surface area contributed by atoms with Gasteiger partial charge in [-0.1, -0.05) is 6.07 Å². The number of aromatic nitrogens is 2. The van der Waals surface area contributed by atoms with Crippen LogP contribution < -0.4 is 15.2 Å². The Hall–Kier alpha value is -2.57. The zero-order valence-corrected chi connectivity index (χ0v) is 16.0. The van der Waals surface area contributed by atoms with E-state index >= 15 is 0 Å². The highest BCUT2D eigenvalue weighted by Crippen LogP contribution is 2.31. The Morgan fingerprint density at radius 1 is 1.32 bits per heavy atom. The van der Waals surface area contributed by atoms with E-state index in [1.165, 1.54) is 4.90 Å². The van der Waals surface area contributed by atoms with E-state index in [0.717, 1.165) is 54.0 Å². The van der Waals surface area contributed by atoms with E-state index in [1.807, 2.05) is 35.0 Å². The lowest BCUT2D eigenvalue weighted by atomic mass is 9.83. The minimum Gasteiger partial charge on any atom is -0.497 e. The maximum Gasteiger partial charge on any atom is 0.250 e. The number of ether oxygens (including phenoxy) is 1. The number of methoxy groups -OCH3 is 1. The van der Waals surface area contributed by atoms with Crippen LogP contribution in [-0.2, 0) is 6.54 Å². The van der Waals surface area contributed by atoms with Gasteiger partial charge in [-0.15, -0.1) is 0 Å². The Kier molecular flexibility index (Phi) is 4.25. The SMILES string of the molecule is COc1ccc2[nH]cc([C@H](O)C[NH+]3C[C@H]4C[C@@H](C3)c3cccc(=O)n3C4)c2c1. The number of nitrogens with zero attached hydrogens (tertiary/aromatic N) is 1. The van der Waals surface area contributed by atoms with Gasteiger partial charge in [0, 0.05) is 52.8 Å². The number of likely N-dealkylation sites (tertiary alicyclic amines) is 1. The first-order valence-electron chi connectivity index (χ1n) is 9.99. The lowest BCUT2D eigenvalue weighted by molar-refractivity contribution is -0.914. The summed E-state index contributed by atoms with van der Waals surface area (Å²) in [7, 11) is 1.66. The normalized spacial score (nSPS) is 24.7. The van der Waals surface area contributed by atoms with Crippen LogP contribution in [0.25, 0.3) is 10.9 Å². The van der Waals surface area contributed by atoms with Crippen molar-refractivity contribution in [2.45, 2.75) is 25.0 Å². The number of fused-ring (bicyclic) bond motifs is 5. The van der Waals surface area contributed by atoms with Crippen molar-refractivity contribution in [3.63, 3.8) is 0 Å². The average Bonchev–Trinajstić information content (AvgIpc) is 3.12. The largest absolute Gasteiger partial charge is 0.497 e. The van der Waals surface area contributed by atoms with Crippen molar-refractivity contribution in [2.75, 3.05) is 26.7 Å². The smallest absolute Gasteiger partial charge is 0.250 e. The Balaban J connectivity index is 1.37. The van der Waals surface area contributed by atoms with Gasteiger partial charge in [0.15, 0.2) is 0 Å². The van der Waals surface area contributed by atoms with Crippen LogP contribution in [0.4, 0.5) is 0 Å². The Morgan fingerprint density at radius 3 is 3.07 bits per heavy atom. The predicted molar refractivity (Wildman–Crippen MR) is 107 cm³/mol. The minimum atomic E-state index is -0.535. The summed E-state index contributed by atoms with van der Waals surface area (Å²) in [5, 5.41) is 12.0. The third kappa shape index (κ3) is 2.93. The summed E-state index contributed by atoms with van der Waals surface area (Å²) < 4.78 is 7.30. The highest BCUT2D eigenvalue weighted by molar-refractivity contribution is 5.85. The van der Waals surface area contributed by atoms with Gasteiger partial charge in [-0.3, -0.25) is 4.79 Å². The van der Waals surface area contributed by atoms with Crippen LogP contribution in [-0.4, -0.2) is 41.4 Å². The lowest BCUT2D eigenvalue weighted by Crippen LogP contribution is -3.15. The second kappa shape index (κ2) is 6.79. The van der Waals surface area contributed by atoms with Gasteiger partial charge in [-0.05, 0) is 30.7 Å². The monoisotopic (exact) mass is 380 g/mol. The molecule has 3 N–H and O–H groups in total. The standard InChI is InChI=1S/C22H25N3O3/c1-28-16-5-6-19-17(8-16)18(9-23-19)21(26)13-24-10-14-7-15(12-24)20-3-2-4-22(27)25(20)11-14/h2-6,8-9,14-15,21,23,26H,7,10-13H2,1H3/p+1/t14-,15+,21-/m1/s1. The van der Waals surface area contributed by atoms with Gasteiger partial charge < -0.3 is 24.3 Å². The second-order valence-electron chi connectivity index (χ2n) is 8.23. The molecule has 0 amide bonds. The molecular formula is C22H26N3O3+. The van der Waals surface area contributed by atoms with Gasteiger partial charge in [-0.25, -0.2) is 0 Å². The fourth-order valence-electron chi connectivity index (χ4n) is 5.19. The van der Waals surface area contributed by atoms with Crippen LogP contribution in [0.15, 0.2) is 47.4 Å². The third-order valence-corrected chi connectivity index (χ3v) is 6.43. The molecule has 4 heterocycles. The number of quaternary nitrogens is 1. The van der Waals surface area contributed by atoms with Gasteiger partial charge >= 0.3 is 0 Å². The van der Waals surface area contributed by atoms with E-state index in [2.05, 4.69) is 11.1 Å². The number of benzene rings is 1. The fraction of sp³-hybridized carbons (Fsp3) is 0.409. The van der Waals surface area contributed by atoms with Crippen LogP contribution in [0.1, 0.15) is 29.7 Å². The number of H-pyrrole nitrogens is 1. The molecule has 0 saturated carbocycles. The molecule has 2 aliphatic heterocycles. The molecule has 1 saturated heterocycles. The van der Waals surface area contributed by atoms with Crippen molar-refractivity contribution in [3.8, 4) is 5.75 Å². The molecule has 2 aliphatic rings. The lowest BCUT2D eigenvalue weighted by Gasteiger charge is -2.40. The van der Waals surface area contributed by atoms with E-state index in [-0.39, 0.29) is 5.56 Å². The number of piperidine rings is 1. The molecule has 1 aromatic carbocycles. The van der Waals surface area contributed by atoms with Crippen molar-refractivity contribution in [1.29, 1.82) is 0 Å². The Labute approximate surface area is 163 Å². The van der Waals surface area contributed by atoms with Gasteiger partial charge in [-0.2, -0.15) is 0 Å². The maximum atomic E-state index is 12.2. The molecular weight excluding hydrogens is 354 g/mol. The van der Waals surface area contributed by atoms with Crippen LogP contribution >= 0.6 is 0 Å². The number of hydrogen-bond donors (Lipinski definition) is 3. The molecule has 5 rings (SSSR count). The number of nitrogens with one attached hydrogen (secondary N) is 2. The highest BCUT2D eigenvalue weighted by Gasteiger charge is 2.37. The van der Waals surface area contributed by atoms with Crippen LogP contribution in [0, 0.1) is 5.92 Å². The zero-order chi connectivity index (χ0) is 19.3. The molecule has 0 aliphatic carbocycles. The molecule has 146 valence electrons. The quantitative estimate of drug-likeness (QED) is 0.634. The van der Waals surface area contributed by atoms with Crippen LogP contribution in [0.5, 0.6) is 5.75 Å². The summed E-state index contributed by atoms with van der Waals surface area (Å²) in [5.74, 6) is 1.69. The molecule has 2 bridgehead atoms. The van der Waals surface area contributed by atoms with E-state index in [0.29, 0.717) is 18.4 Å². The second-order valence-corrected chi connectivity index (χ2v) is 8.23. The van der Waals surface area contributed by atoms with Crippen LogP contribution in [0.3, 0.4) is 0 Å². The van der Waals surface area contributed by atoms with Crippen molar-refractivity contribution in [1.82, 2.24) is 9.55 Å². The average molecular weight is 380 g/mol. The van der Waals surface area contributed by atoms with E-state index < -0.39 is 6.10 Å². The van der Waals surface area contributed by atoms with Crippen molar-refractivity contribution >= 4 is 10.9 Å². The topological polar surface area (TPSA) is 71.7 Å². The summed E-state index contributed by atoms with van der Waals surface area (Å²) >= 11 is 0. The Bertz CT molecular complexity index is 1070. The molecule has 4 atom stereocenters. The molecule has 6 nitrogen and oxygen atoms in total. The molecule has 6 heteroatoms. The predicted octanol–water partition coefficient (Wildman–Crippen LogP) is 1.07. The van der Waals surface area contributed by atoms with E-state index in [1.54, 1.807) is 13.2 Å². The molecule has 2 aromatic heterocycles. The van der Waals surface area contributed by atoms with Gasteiger partial charge in [0.1, 0.15) is 18.4 Å². The minimum absolute atomic E-state index is 0.114. The first-order valence-corrected chi connectivity index (χ1v) is 9.99. The molecule has 0 spiro atoms. The van der Waals surface area contributed by atoms with Crippen molar-refractivity contribution in [3.05, 3.63) is 64.2 Å². The van der Waals surface area contributed by atoms with Gasteiger partial charge in [0.05, 0.1) is 20.2 Å². The first kappa shape index (κ1) is 17.5. The molecule has 28 heavy (non-hydrogen) atoms. The Morgan fingerprint density at radius 2 is 2.21 bits per heavy atom. The maximum absolute atomic E-state index is 12.2. The molecule has 1 unspecified atom stereocenters. The fourth-order valence-corrected chi connectivity index (χ4v) is 5.19. The van der Waals surface area contributed by atoms with Gasteiger partial charge in [0.25, 0.3) is 5.56 Å². The van der Waals surface area contributed by atoms with E-state index in [4.69, 9.17) is 4.74 Å². The van der Waals surface area contributed by atoms with E-state index in [9.17, 15) is 9.90 Å². The van der Waals surface area contributed by atoms with Gasteiger partial charge in [0.2, 0.25) is 0 Å². The summed E-state index contributed by atoms with van der Waals surface area (Å²) in [6, 6.07) is 11.5. The number of rotatable bonds is 4. The summed E-state index contributed by atoms with van der Waals surface area (Å²) in [4.78, 5) is 16.9. The third-order valence-electron chi connectivity index (χ3n) is 6.43. The number of hydrogen-bond acceptors (Lipinski definition) is 3. The summed E-state index contributed by atoms with van der Waals surface area (Å²) in [6.07, 6.45) is 2.52. The van der Waals surface area contributed by atoms with Crippen molar-refractivity contribution in [2.24, 2.45) is 5.92 Å². The number of aromatic amines is 1. The van der Waals surface area contributed by atoms with Crippen molar-refractivity contribution < 1.29 is 14.7 Å². The summed E-state index contributed by atoms with van der Waals surface area (Å²) in [5.41, 5.74) is 3.21. The number of aliphatic hydroxyl groups is 1. The summed E-state index contributed by atoms with van der Waals surface area (Å²) in [6.45, 7) is 3.44.